The van der Waals surface area contributed by atoms with Gasteiger partial charge < -0.3 is 5.32 Å². The first-order valence-electron chi connectivity index (χ1n) is 7.30. The molecular formula is C17H24N2S. The van der Waals surface area contributed by atoms with Crippen molar-refractivity contribution < 1.29 is 0 Å². The second-order valence-corrected chi connectivity index (χ2v) is 6.46. The highest BCUT2D eigenvalue weighted by Crippen LogP contribution is 2.17. The van der Waals surface area contributed by atoms with E-state index in [0.717, 1.165) is 19.4 Å². The number of hydrogen-bond donors (Lipinski definition) is 1. The van der Waals surface area contributed by atoms with Gasteiger partial charge in [0.1, 0.15) is 0 Å². The van der Waals surface area contributed by atoms with E-state index in [1.54, 1.807) is 11.3 Å². The van der Waals surface area contributed by atoms with Crippen LogP contribution in [0.15, 0.2) is 35.2 Å². The van der Waals surface area contributed by atoms with Crippen molar-refractivity contribution in [2.75, 3.05) is 6.54 Å². The molecule has 0 aliphatic heterocycles. The highest BCUT2D eigenvalue weighted by Gasteiger charge is 2.13. The molecule has 1 N–H and O–H groups in total. The second kappa shape index (κ2) is 7.55. The molecule has 0 fully saturated rings. The minimum atomic E-state index is 0.532. The molecule has 1 heterocycles. The molecule has 1 aromatic carbocycles. The van der Waals surface area contributed by atoms with Crippen LogP contribution in [0.3, 0.4) is 0 Å². The van der Waals surface area contributed by atoms with E-state index in [4.69, 9.17) is 0 Å². The molecule has 0 radical (unpaired) electrons. The lowest BCUT2D eigenvalue weighted by Gasteiger charge is -2.19. The zero-order valence-corrected chi connectivity index (χ0v) is 13.4. The van der Waals surface area contributed by atoms with Crippen LogP contribution < -0.4 is 5.32 Å². The molecule has 0 saturated heterocycles. The summed E-state index contributed by atoms with van der Waals surface area (Å²) in [5.74, 6) is 0.598. The minimum Gasteiger partial charge on any atom is -0.314 e. The normalized spacial score (nSPS) is 12.8. The van der Waals surface area contributed by atoms with Gasteiger partial charge in [0.05, 0.1) is 11.2 Å². The van der Waals surface area contributed by atoms with Gasteiger partial charge in [0.2, 0.25) is 0 Å². The number of rotatable bonds is 7. The molecule has 3 heteroatoms. The summed E-state index contributed by atoms with van der Waals surface area (Å²) < 4.78 is 0. The van der Waals surface area contributed by atoms with E-state index in [1.165, 1.54) is 16.8 Å². The Morgan fingerprint density at radius 3 is 2.65 bits per heavy atom. The van der Waals surface area contributed by atoms with Gasteiger partial charge in [0, 0.05) is 11.4 Å². The van der Waals surface area contributed by atoms with Gasteiger partial charge in [0.15, 0.2) is 0 Å². The van der Waals surface area contributed by atoms with Crippen LogP contribution in [0.4, 0.5) is 0 Å². The first-order chi connectivity index (χ1) is 9.65. The first-order valence-corrected chi connectivity index (χ1v) is 8.24. The van der Waals surface area contributed by atoms with E-state index >= 15 is 0 Å². The predicted molar refractivity (Wildman–Crippen MR) is 87.3 cm³/mol. The number of aromatic nitrogens is 1. The van der Waals surface area contributed by atoms with E-state index in [1.807, 2.05) is 5.51 Å². The molecular weight excluding hydrogens is 264 g/mol. The Morgan fingerprint density at radius 2 is 2.00 bits per heavy atom. The van der Waals surface area contributed by atoms with E-state index in [0.29, 0.717) is 12.0 Å². The third-order valence-electron chi connectivity index (χ3n) is 3.57. The number of aryl methyl sites for hydroxylation is 1. The molecule has 108 valence electrons. The maximum Gasteiger partial charge on any atom is 0.0794 e. The van der Waals surface area contributed by atoms with Crippen LogP contribution >= 0.6 is 11.3 Å². The van der Waals surface area contributed by atoms with Crippen molar-refractivity contribution in [2.45, 2.75) is 39.7 Å². The van der Waals surface area contributed by atoms with Crippen molar-refractivity contribution in [1.82, 2.24) is 10.3 Å². The molecule has 0 bridgehead atoms. The summed E-state index contributed by atoms with van der Waals surface area (Å²) in [5.41, 5.74) is 5.99. The molecule has 0 aliphatic carbocycles. The standard InChI is InChI=1S/C17H24N2S/c1-13(2)18-10-15(9-17-11-20-12-19-17)8-16-7-5-4-6-14(16)3/h4-7,11-13,15,18H,8-10H2,1-3H3. The van der Waals surface area contributed by atoms with Crippen LogP contribution in [-0.4, -0.2) is 17.6 Å². The van der Waals surface area contributed by atoms with Crippen molar-refractivity contribution in [1.29, 1.82) is 0 Å². The molecule has 0 saturated carbocycles. The lowest BCUT2D eigenvalue weighted by molar-refractivity contribution is 0.441. The van der Waals surface area contributed by atoms with Gasteiger partial charge in [-0.25, -0.2) is 4.98 Å². The Morgan fingerprint density at radius 1 is 1.20 bits per heavy atom. The molecule has 1 unspecified atom stereocenters. The Balaban J connectivity index is 2.03. The minimum absolute atomic E-state index is 0.532. The molecule has 2 nitrogen and oxygen atoms in total. The average molecular weight is 288 g/mol. The fourth-order valence-corrected chi connectivity index (χ4v) is 2.97. The van der Waals surface area contributed by atoms with Gasteiger partial charge in [-0.2, -0.15) is 0 Å². The third-order valence-corrected chi connectivity index (χ3v) is 4.20. The fourth-order valence-electron chi connectivity index (χ4n) is 2.40. The van der Waals surface area contributed by atoms with Crippen LogP contribution in [-0.2, 0) is 12.8 Å². The predicted octanol–water partition coefficient (Wildman–Crippen LogP) is 3.85. The zero-order valence-electron chi connectivity index (χ0n) is 12.6. The van der Waals surface area contributed by atoms with E-state index < -0.39 is 0 Å². The second-order valence-electron chi connectivity index (χ2n) is 5.74. The van der Waals surface area contributed by atoms with E-state index in [9.17, 15) is 0 Å². The number of benzene rings is 1. The Hall–Kier alpha value is -1.19. The quantitative estimate of drug-likeness (QED) is 0.837. The number of nitrogens with one attached hydrogen (secondary N) is 1. The van der Waals surface area contributed by atoms with Gasteiger partial charge in [-0.1, -0.05) is 38.1 Å². The Bertz CT molecular complexity index is 505. The Labute approximate surface area is 126 Å². The third kappa shape index (κ3) is 4.73. The topological polar surface area (TPSA) is 24.9 Å². The summed E-state index contributed by atoms with van der Waals surface area (Å²) in [7, 11) is 0. The Kier molecular flexibility index (Phi) is 5.74. The van der Waals surface area contributed by atoms with Crippen molar-refractivity contribution in [2.24, 2.45) is 5.92 Å². The number of hydrogen-bond acceptors (Lipinski definition) is 3. The van der Waals surface area contributed by atoms with Crippen molar-refractivity contribution >= 4 is 11.3 Å². The van der Waals surface area contributed by atoms with Crippen molar-refractivity contribution in [3.63, 3.8) is 0 Å². The lowest BCUT2D eigenvalue weighted by Crippen LogP contribution is -2.31. The molecule has 2 aromatic rings. The van der Waals surface area contributed by atoms with Gasteiger partial charge in [-0.3, -0.25) is 0 Å². The molecule has 0 amide bonds. The van der Waals surface area contributed by atoms with Crippen LogP contribution in [0.25, 0.3) is 0 Å². The summed E-state index contributed by atoms with van der Waals surface area (Å²) in [5, 5.41) is 5.74. The highest BCUT2D eigenvalue weighted by atomic mass is 32.1. The van der Waals surface area contributed by atoms with Crippen molar-refractivity contribution in [3.8, 4) is 0 Å². The smallest absolute Gasteiger partial charge is 0.0794 e. The fraction of sp³-hybridized carbons (Fsp3) is 0.471. The molecule has 20 heavy (non-hydrogen) atoms. The maximum absolute atomic E-state index is 4.44. The highest BCUT2D eigenvalue weighted by molar-refractivity contribution is 7.07. The lowest BCUT2D eigenvalue weighted by atomic mass is 9.92. The first kappa shape index (κ1) is 15.2. The van der Waals surface area contributed by atoms with Crippen LogP contribution in [0.2, 0.25) is 0 Å². The molecule has 0 aliphatic rings. The summed E-state index contributed by atoms with van der Waals surface area (Å²) in [4.78, 5) is 4.44. The van der Waals surface area contributed by atoms with Gasteiger partial charge in [-0.15, -0.1) is 11.3 Å². The molecule has 1 atom stereocenters. The number of nitrogens with zero attached hydrogens (tertiary/aromatic N) is 1. The monoisotopic (exact) mass is 288 g/mol. The van der Waals surface area contributed by atoms with E-state index in [-0.39, 0.29) is 0 Å². The largest absolute Gasteiger partial charge is 0.314 e. The summed E-state index contributed by atoms with van der Waals surface area (Å²) in [6, 6.07) is 9.23. The van der Waals surface area contributed by atoms with Gasteiger partial charge in [-0.05, 0) is 43.4 Å². The van der Waals surface area contributed by atoms with Crippen LogP contribution in [0.5, 0.6) is 0 Å². The zero-order chi connectivity index (χ0) is 14.4. The average Bonchev–Trinajstić information content (AvgIpc) is 2.91. The summed E-state index contributed by atoms with van der Waals surface area (Å²) >= 11 is 1.68. The molecule has 2 rings (SSSR count). The van der Waals surface area contributed by atoms with Gasteiger partial charge >= 0.3 is 0 Å². The van der Waals surface area contributed by atoms with Crippen molar-refractivity contribution in [3.05, 3.63) is 52.0 Å². The summed E-state index contributed by atoms with van der Waals surface area (Å²) in [6.07, 6.45) is 2.17. The number of thiazole rings is 1. The van der Waals surface area contributed by atoms with Crippen LogP contribution in [0.1, 0.15) is 30.7 Å². The molecule has 1 aromatic heterocycles. The van der Waals surface area contributed by atoms with Gasteiger partial charge in [0.25, 0.3) is 0 Å². The summed E-state index contributed by atoms with van der Waals surface area (Å²) in [6.45, 7) is 7.65. The van der Waals surface area contributed by atoms with Crippen LogP contribution in [0, 0.1) is 12.8 Å². The van der Waals surface area contributed by atoms with E-state index in [2.05, 4.69) is 60.7 Å². The SMILES string of the molecule is Cc1ccccc1CC(CNC(C)C)Cc1cscn1. The molecule has 0 spiro atoms. The maximum atomic E-state index is 4.44.